The molecule has 1 aliphatic rings. The molecule has 0 spiro atoms. The molecule has 0 atom stereocenters. The molecule has 4 heteroatoms. The number of nitrogens with one attached hydrogen (secondary N) is 1. The zero-order chi connectivity index (χ0) is 10.6. The van der Waals surface area contributed by atoms with Crippen molar-refractivity contribution in [3.05, 3.63) is 18.5 Å². The third-order valence-corrected chi connectivity index (χ3v) is 2.93. The normalized spacial score (nSPS) is 19.8. The molecule has 0 amide bonds. The summed E-state index contributed by atoms with van der Waals surface area (Å²) >= 11 is 0. The molecule has 1 aliphatic carbocycles. The Kier molecular flexibility index (Phi) is 3.16. The van der Waals surface area contributed by atoms with Gasteiger partial charge in [-0.25, -0.2) is 9.97 Å². The minimum Gasteiger partial charge on any atom is -0.388 e. The Balaban J connectivity index is 1.87. The van der Waals surface area contributed by atoms with Crippen LogP contribution in [0.3, 0.4) is 0 Å². The van der Waals surface area contributed by atoms with E-state index >= 15 is 0 Å². The zero-order valence-electron chi connectivity index (χ0n) is 8.82. The Morgan fingerprint density at radius 2 is 1.87 bits per heavy atom. The van der Waals surface area contributed by atoms with E-state index in [-0.39, 0.29) is 0 Å². The van der Waals surface area contributed by atoms with Crippen molar-refractivity contribution in [3.8, 4) is 0 Å². The lowest BCUT2D eigenvalue weighted by molar-refractivity contribution is 0.0166. The molecule has 0 saturated heterocycles. The van der Waals surface area contributed by atoms with Crippen LogP contribution in [0.25, 0.3) is 0 Å². The van der Waals surface area contributed by atoms with Crippen LogP contribution in [0, 0.1) is 0 Å². The Morgan fingerprint density at radius 3 is 2.53 bits per heavy atom. The van der Waals surface area contributed by atoms with Crippen molar-refractivity contribution in [2.24, 2.45) is 0 Å². The highest BCUT2D eigenvalue weighted by molar-refractivity contribution is 5.23. The van der Waals surface area contributed by atoms with Crippen molar-refractivity contribution >= 4 is 5.95 Å². The van der Waals surface area contributed by atoms with E-state index in [9.17, 15) is 5.11 Å². The van der Waals surface area contributed by atoms with E-state index in [4.69, 9.17) is 0 Å². The number of aromatic nitrogens is 2. The van der Waals surface area contributed by atoms with Gasteiger partial charge < -0.3 is 10.4 Å². The summed E-state index contributed by atoms with van der Waals surface area (Å²) in [6, 6.07) is 1.78. The van der Waals surface area contributed by atoms with Crippen LogP contribution < -0.4 is 5.32 Å². The standard InChI is InChI=1S/C11H17N3O/c15-11(5-2-1-3-6-11)9-14-10-12-7-4-8-13-10/h4,7-8,15H,1-3,5-6,9H2,(H,12,13,14). The van der Waals surface area contributed by atoms with Crippen LogP contribution in [0.15, 0.2) is 18.5 Å². The molecule has 1 aromatic heterocycles. The van der Waals surface area contributed by atoms with Crippen LogP contribution in [0.1, 0.15) is 32.1 Å². The largest absolute Gasteiger partial charge is 0.388 e. The fraction of sp³-hybridized carbons (Fsp3) is 0.636. The van der Waals surface area contributed by atoms with E-state index < -0.39 is 5.60 Å². The molecule has 1 saturated carbocycles. The van der Waals surface area contributed by atoms with Gasteiger partial charge in [-0.2, -0.15) is 0 Å². The summed E-state index contributed by atoms with van der Waals surface area (Å²) in [5.74, 6) is 0.594. The fourth-order valence-corrected chi connectivity index (χ4v) is 2.02. The Bertz CT molecular complexity index is 296. The highest BCUT2D eigenvalue weighted by atomic mass is 16.3. The maximum Gasteiger partial charge on any atom is 0.222 e. The molecule has 0 aliphatic heterocycles. The van der Waals surface area contributed by atoms with Crippen LogP contribution in [0.2, 0.25) is 0 Å². The van der Waals surface area contributed by atoms with Gasteiger partial charge in [-0.15, -0.1) is 0 Å². The van der Waals surface area contributed by atoms with E-state index in [1.165, 1.54) is 6.42 Å². The summed E-state index contributed by atoms with van der Waals surface area (Å²) in [5.41, 5.74) is -0.558. The van der Waals surface area contributed by atoms with Gasteiger partial charge in [0.2, 0.25) is 5.95 Å². The molecule has 15 heavy (non-hydrogen) atoms. The van der Waals surface area contributed by atoms with Gasteiger partial charge in [0.15, 0.2) is 0 Å². The number of hydrogen-bond donors (Lipinski definition) is 2. The molecule has 0 aromatic carbocycles. The number of rotatable bonds is 3. The first-order valence-electron chi connectivity index (χ1n) is 5.52. The van der Waals surface area contributed by atoms with Gasteiger partial charge in [0.1, 0.15) is 0 Å². The Hall–Kier alpha value is -1.16. The SMILES string of the molecule is OC1(CNc2ncccn2)CCCCC1. The predicted octanol–water partition coefficient (Wildman–Crippen LogP) is 1.58. The third kappa shape index (κ3) is 2.89. The molecule has 0 bridgehead atoms. The van der Waals surface area contributed by atoms with E-state index in [0.29, 0.717) is 12.5 Å². The lowest BCUT2D eigenvalue weighted by atomic mass is 9.85. The average molecular weight is 207 g/mol. The molecule has 0 unspecified atom stereocenters. The van der Waals surface area contributed by atoms with Crippen molar-refractivity contribution in [2.45, 2.75) is 37.7 Å². The van der Waals surface area contributed by atoms with E-state index in [2.05, 4.69) is 15.3 Å². The molecular formula is C11H17N3O. The second kappa shape index (κ2) is 4.57. The lowest BCUT2D eigenvalue weighted by Crippen LogP contribution is -2.39. The van der Waals surface area contributed by atoms with Gasteiger partial charge in [0, 0.05) is 18.9 Å². The fourth-order valence-electron chi connectivity index (χ4n) is 2.02. The summed E-state index contributed by atoms with van der Waals surface area (Å²) in [7, 11) is 0. The van der Waals surface area contributed by atoms with Gasteiger partial charge in [-0.1, -0.05) is 19.3 Å². The van der Waals surface area contributed by atoms with Crippen molar-refractivity contribution in [3.63, 3.8) is 0 Å². The van der Waals surface area contributed by atoms with Gasteiger partial charge >= 0.3 is 0 Å². The maximum absolute atomic E-state index is 10.2. The molecule has 1 heterocycles. The van der Waals surface area contributed by atoms with Crippen LogP contribution in [0.5, 0.6) is 0 Å². The van der Waals surface area contributed by atoms with Crippen molar-refractivity contribution < 1.29 is 5.11 Å². The minimum atomic E-state index is -0.558. The molecule has 1 aromatic rings. The zero-order valence-corrected chi connectivity index (χ0v) is 8.82. The molecule has 0 radical (unpaired) electrons. The Labute approximate surface area is 89.8 Å². The minimum absolute atomic E-state index is 0.553. The average Bonchev–Trinajstić information content (AvgIpc) is 2.29. The second-order valence-corrected chi connectivity index (χ2v) is 4.21. The van der Waals surface area contributed by atoms with Gasteiger partial charge in [0.25, 0.3) is 0 Å². The number of aliphatic hydroxyl groups is 1. The second-order valence-electron chi connectivity index (χ2n) is 4.21. The van der Waals surface area contributed by atoms with Crippen LogP contribution in [-0.4, -0.2) is 27.2 Å². The van der Waals surface area contributed by atoms with Gasteiger partial charge in [0.05, 0.1) is 5.60 Å². The van der Waals surface area contributed by atoms with Crippen molar-refractivity contribution in [1.29, 1.82) is 0 Å². The molecule has 2 rings (SSSR count). The number of hydrogen-bond acceptors (Lipinski definition) is 4. The summed E-state index contributed by atoms with van der Waals surface area (Å²) < 4.78 is 0. The first-order valence-corrected chi connectivity index (χ1v) is 5.52. The first kappa shape index (κ1) is 10.4. The highest BCUT2D eigenvalue weighted by Gasteiger charge is 2.28. The van der Waals surface area contributed by atoms with Crippen molar-refractivity contribution in [1.82, 2.24) is 9.97 Å². The quantitative estimate of drug-likeness (QED) is 0.790. The van der Waals surface area contributed by atoms with Crippen LogP contribution in [-0.2, 0) is 0 Å². The summed E-state index contributed by atoms with van der Waals surface area (Å²) in [6.07, 6.45) is 8.63. The molecule has 1 fully saturated rings. The molecule has 2 N–H and O–H groups in total. The topological polar surface area (TPSA) is 58.0 Å². The molecule has 82 valence electrons. The number of anilines is 1. The molecule has 4 nitrogen and oxygen atoms in total. The van der Waals surface area contributed by atoms with E-state index in [1.54, 1.807) is 18.5 Å². The summed E-state index contributed by atoms with van der Waals surface area (Å²) in [6.45, 7) is 0.553. The van der Waals surface area contributed by atoms with Gasteiger partial charge in [-0.05, 0) is 18.9 Å². The monoisotopic (exact) mass is 207 g/mol. The van der Waals surface area contributed by atoms with Crippen LogP contribution >= 0.6 is 0 Å². The maximum atomic E-state index is 10.2. The van der Waals surface area contributed by atoms with E-state index in [0.717, 1.165) is 25.7 Å². The first-order chi connectivity index (χ1) is 7.29. The smallest absolute Gasteiger partial charge is 0.222 e. The Morgan fingerprint density at radius 1 is 1.20 bits per heavy atom. The molecular weight excluding hydrogens is 190 g/mol. The third-order valence-electron chi connectivity index (χ3n) is 2.93. The van der Waals surface area contributed by atoms with Crippen LogP contribution in [0.4, 0.5) is 5.95 Å². The summed E-state index contributed by atoms with van der Waals surface area (Å²) in [4.78, 5) is 8.12. The predicted molar refractivity (Wildman–Crippen MR) is 58.6 cm³/mol. The summed E-state index contributed by atoms with van der Waals surface area (Å²) in [5, 5.41) is 13.3. The lowest BCUT2D eigenvalue weighted by Gasteiger charge is -2.32. The van der Waals surface area contributed by atoms with Gasteiger partial charge in [-0.3, -0.25) is 0 Å². The van der Waals surface area contributed by atoms with Crippen molar-refractivity contribution in [2.75, 3.05) is 11.9 Å². The number of nitrogens with zero attached hydrogens (tertiary/aromatic N) is 2. The highest BCUT2D eigenvalue weighted by Crippen LogP contribution is 2.27. The van der Waals surface area contributed by atoms with E-state index in [1.807, 2.05) is 0 Å².